The van der Waals surface area contributed by atoms with Gasteiger partial charge >= 0.3 is 0 Å². The van der Waals surface area contributed by atoms with Crippen molar-refractivity contribution >= 4 is 0 Å². The summed E-state index contributed by atoms with van der Waals surface area (Å²) in [5.74, 6) is 0. The minimum atomic E-state index is 0.217. The Morgan fingerprint density at radius 3 is 3.00 bits per heavy atom. The van der Waals surface area contributed by atoms with Crippen molar-refractivity contribution in [3.8, 4) is 0 Å². The lowest BCUT2D eigenvalue weighted by atomic mass is 9.94. The molecule has 3 heteroatoms. The fourth-order valence-corrected chi connectivity index (χ4v) is 2.02. The Morgan fingerprint density at radius 2 is 2.23 bits per heavy atom. The number of nitrogens with zero attached hydrogens (tertiary/aromatic N) is 1. The lowest BCUT2D eigenvalue weighted by Gasteiger charge is -2.11. The predicted molar refractivity (Wildman–Crippen MR) is 52.6 cm³/mol. The van der Waals surface area contributed by atoms with Crippen molar-refractivity contribution in [1.29, 1.82) is 0 Å². The summed E-state index contributed by atoms with van der Waals surface area (Å²) in [6.45, 7) is 2.03. The first-order chi connectivity index (χ1) is 6.27. The molecule has 0 fully saturated rings. The third-order valence-electron chi connectivity index (χ3n) is 2.66. The number of hydrogen-bond acceptors (Lipinski definition) is 2. The number of H-pyrrole nitrogens is 1. The van der Waals surface area contributed by atoms with Crippen LogP contribution in [0.2, 0.25) is 0 Å². The molecule has 0 aromatic carbocycles. The van der Waals surface area contributed by atoms with Crippen LogP contribution >= 0.6 is 0 Å². The van der Waals surface area contributed by atoms with Crippen molar-refractivity contribution in [2.75, 3.05) is 0 Å². The van der Waals surface area contributed by atoms with Gasteiger partial charge in [-0.25, -0.2) is 0 Å². The molecule has 0 radical (unpaired) electrons. The molecule has 0 saturated carbocycles. The lowest BCUT2D eigenvalue weighted by molar-refractivity contribution is 0.665. The van der Waals surface area contributed by atoms with E-state index in [9.17, 15) is 0 Å². The Hall–Kier alpha value is -0.830. The van der Waals surface area contributed by atoms with Crippen molar-refractivity contribution in [2.24, 2.45) is 5.73 Å². The highest BCUT2D eigenvalue weighted by Crippen LogP contribution is 2.22. The Bertz CT molecular complexity index is 288. The van der Waals surface area contributed by atoms with E-state index in [2.05, 4.69) is 10.2 Å². The fourth-order valence-electron chi connectivity index (χ4n) is 2.02. The van der Waals surface area contributed by atoms with Gasteiger partial charge < -0.3 is 5.73 Å². The van der Waals surface area contributed by atoms with E-state index in [1.165, 1.54) is 42.6 Å². The summed E-state index contributed by atoms with van der Waals surface area (Å²) in [5, 5.41) is 7.46. The Labute approximate surface area is 78.7 Å². The summed E-state index contributed by atoms with van der Waals surface area (Å²) in [6.07, 6.45) is 5.87. The molecule has 0 aliphatic heterocycles. The summed E-state index contributed by atoms with van der Waals surface area (Å²) in [5.41, 5.74) is 9.76. The van der Waals surface area contributed by atoms with Gasteiger partial charge in [-0.05, 0) is 38.2 Å². The molecule has 1 atom stereocenters. The van der Waals surface area contributed by atoms with E-state index in [0.29, 0.717) is 0 Å². The van der Waals surface area contributed by atoms with Crippen molar-refractivity contribution in [1.82, 2.24) is 10.2 Å². The molecule has 0 amide bonds. The van der Waals surface area contributed by atoms with Crippen LogP contribution < -0.4 is 5.73 Å². The highest BCUT2D eigenvalue weighted by Gasteiger charge is 2.16. The second-order valence-electron chi connectivity index (χ2n) is 4.02. The molecule has 3 N–H and O–H groups in total. The van der Waals surface area contributed by atoms with Gasteiger partial charge in [-0.3, -0.25) is 5.10 Å². The number of nitrogens with one attached hydrogen (secondary N) is 1. The monoisotopic (exact) mass is 179 g/mol. The van der Waals surface area contributed by atoms with Crippen LogP contribution in [0.5, 0.6) is 0 Å². The molecule has 0 spiro atoms. The third kappa shape index (κ3) is 1.75. The molecule has 1 heterocycles. The van der Waals surface area contributed by atoms with Crippen LogP contribution in [-0.2, 0) is 19.3 Å². The second kappa shape index (κ2) is 3.50. The summed E-state index contributed by atoms with van der Waals surface area (Å²) in [4.78, 5) is 0. The van der Waals surface area contributed by atoms with Crippen LogP contribution in [-0.4, -0.2) is 16.2 Å². The van der Waals surface area contributed by atoms with Crippen LogP contribution in [0, 0.1) is 0 Å². The van der Waals surface area contributed by atoms with Gasteiger partial charge in [0, 0.05) is 18.2 Å². The molecule has 72 valence electrons. The zero-order chi connectivity index (χ0) is 9.26. The molecule has 0 unspecified atom stereocenters. The van der Waals surface area contributed by atoms with Crippen LogP contribution in [0.3, 0.4) is 0 Å². The molecule has 2 rings (SSSR count). The second-order valence-corrected chi connectivity index (χ2v) is 4.02. The number of aromatic amines is 1. The van der Waals surface area contributed by atoms with E-state index in [1.54, 1.807) is 0 Å². The van der Waals surface area contributed by atoms with Gasteiger partial charge in [-0.1, -0.05) is 0 Å². The first-order valence-corrected chi connectivity index (χ1v) is 5.08. The molecule has 13 heavy (non-hydrogen) atoms. The molecule has 0 bridgehead atoms. The third-order valence-corrected chi connectivity index (χ3v) is 2.66. The molecular weight excluding hydrogens is 162 g/mol. The first kappa shape index (κ1) is 8.75. The van der Waals surface area contributed by atoms with E-state index in [4.69, 9.17) is 5.73 Å². The van der Waals surface area contributed by atoms with Crippen LogP contribution in [0.25, 0.3) is 0 Å². The van der Waals surface area contributed by atoms with Crippen molar-refractivity contribution in [3.05, 3.63) is 17.0 Å². The zero-order valence-corrected chi connectivity index (χ0v) is 8.14. The standard InChI is InChI=1S/C10H17N3/c1-7(11)6-10-8-4-2-3-5-9(8)12-13-10/h7H,2-6,11H2,1H3,(H,12,13)/t7-/m1/s1. The van der Waals surface area contributed by atoms with Gasteiger partial charge in [0.15, 0.2) is 0 Å². The molecule has 1 aromatic heterocycles. The number of aryl methyl sites for hydroxylation is 1. The van der Waals surface area contributed by atoms with E-state index >= 15 is 0 Å². The average Bonchev–Trinajstić information content (AvgIpc) is 2.48. The summed E-state index contributed by atoms with van der Waals surface area (Å²) in [7, 11) is 0. The van der Waals surface area contributed by atoms with Crippen LogP contribution in [0.1, 0.15) is 36.7 Å². The van der Waals surface area contributed by atoms with E-state index in [-0.39, 0.29) is 6.04 Å². The summed E-state index contributed by atoms with van der Waals surface area (Å²) >= 11 is 0. The van der Waals surface area contributed by atoms with Crippen molar-refractivity contribution in [2.45, 2.75) is 45.1 Å². The SMILES string of the molecule is C[C@@H](N)Cc1n[nH]c2c1CCCC2. The van der Waals surface area contributed by atoms with Crippen molar-refractivity contribution < 1.29 is 0 Å². The first-order valence-electron chi connectivity index (χ1n) is 5.08. The quantitative estimate of drug-likeness (QED) is 0.716. The number of aromatic nitrogens is 2. The number of fused-ring (bicyclic) bond motifs is 1. The van der Waals surface area contributed by atoms with Gasteiger partial charge in [0.05, 0.1) is 5.69 Å². The van der Waals surface area contributed by atoms with Gasteiger partial charge in [-0.15, -0.1) is 0 Å². The Balaban J connectivity index is 2.21. The zero-order valence-electron chi connectivity index (χ0n) is 8.14. The van der Waals surface area contributed by atoms with E-state index in [0.717, 1.165) is 6.42 Å². The molecule has 1 aromatic rings. The smallest absolute Gasteiger partial charge is 0.0672 e. The largest absolute Gasteiger partial charge is 0.328 e. The molecule has 0 saturated heterocycles. The minimum absolute atomic E-state index is 0.217. The predicted octanol–water partition coefficient (Wildman–Crippen LogP) is 1.18. The van der Waals surface area contributed by atoms with Crippen molar-refractivity contribution in [3.63, 3.8) is 0 Å². The minimum Gasteiger partial charge on any atom is -0.328 e. The Morgan fingerprint density at radius 1 is 1.46 bits per heavy atom. The number of rotatable bonds is 2. The molecule has 1 aliphatic carbocycles. The summed E-state index contributed by atoms with van der Waals surface area (Å²) in [6, 6.07) is 0.217. The maximum Gasteiger partial charge on any atom is 0.0672 e. The Kier molecular flexibility index (Phi) is 2.36. The van der Waals surface area contributed by atoms with E-state index < -0.39 is 0 Å². The highest BCUT2D eigenvalue weighted by molar-refractivity contribution is 5.28. The van der Waals surface area contributed by atoms with Gasteiger partial charge in [0.25, 0.3) is 0 Å². The molecule has 1 aliphatic rings. The van der Waals surface area contributed by atoms with Gasteiger partial charge in [-0.2, -0.15) is 5.10 Å². The number of nitrogens with two attached hydrogens (primary N) is 1. The average molecular weight is 179 g/mol. The highest BCUT2D eigenvalue weighted by atomic mass is 15.1. The molecule has 3 nitrogen and oxygen atoms in total. The number of hydrogen-bond donors (Lipinski definition) is 2. The van der Waals surface area contributed by atoms with E-state index in [1.807, 2.05) is 6.92 Å². The van der Waals surface area contributed by atoms with Crippen LogP contribution in [0.15, 0.2) is 0 Å². The maximum atomic E-state index is 5.76. The topological polar surface area (TPSA) is 54.7 Å². The maximum absolute atomic E-state index is 5.76. The fraction of sp³-hybridized carbons (Fsp3) is 0.700. The molecular formula is C10H17N3. The normalized spacial score (nSPS) is 18.3. The van der Waals surface area contributed by atoms with Crippen LogP contribution in [0.4, 0.5) is 0 Å². The van der Waals surface area contributed by atoms with Gasteiger partial charge in [0.2, 0.25) is 0 Å². The van der Waals surface area contributed by atoms with Gasteiger partial charge in [0.1, 0.15) is 0 Å². The summed E-state index contributed by atoms with van der Waals surface area (Å²) < 4.78 is 0. The lowest BCUT2D eigenvalue weighted by Crippen LogP contribution is -2.19.